The summed E-state index contributed by atoms with van der Waals surface area (Å²) in [5.41, 5.74) is 2.92. The number of methoxy groups -OCH3 is 2. The highest BCUT2D eigenvalue weighted by molar-refractivity contribution is 9.10. The molecule has 0 unspecified atom stereocenters. The number of nitrogens with zero attached hydrogens (tertiary/aromatic N) is 3. The molecule has 4 rings (SSSR count). The number of benzene rings is 2. The van der Waals surface area contributed by atoms with Gasteiger partial charge in [0.2, 0.25) is 0 Å². The van der Waals surface area contributed by atoms with Crippen molar-refractivity contribution in [3.05, 3.63) is 47.2 Å². The number of rotatable bonds is 12. The number of aromatic nitrogens is 3. The van der Waals surface area contributed by atoms with Crippen molar-refractivity contribution in [1.29, 1.82) is 0 Å². The third-order valence-electron chi connectivity index (χ3n) is 5.22. The van der Waals surface area contributed by atoms with Gasteiger partial charge >= 0.3 is 6.48 Å². The highest BCUT2D eigenvalue weighted by Gasteiger charge is 2.21. The van der Waals surface area contributed by atoms with Gasteiger partial charge in [0.15, 0.2) is 11.5 Å². The zero-order valence-corrected chi connectivity index (χ0v) is 21.7. The minimum Gasteiger partial charge on any atom is -0.493 e. The van der Waals surface area contributed by atoms with Gasteiger partial charge in [-0.1, -0.05) is 15.9 Å². The second-order valence-corrected chi connectivity index (χ2v) is 8.33. The van der Waals surface area contributed by atoms with Crippen molar-refractivity contribution >= 4 is 37.7 Å². The molecule has 186 valence electrons. The van der Waals surface area contributed by atoms with Gasteiger partial charge in [0.05, 0.1) is 38.0 Å². The molecule has 35 heavy (non-hydrogen) atoms. The molecule has 4 aromatic rings. The Bertz CT molecular complexity index is 1290. The lowest BCUT2D eigenvalue weighted by molar-refractivity contribution is -0.281. The fourth-order valence-corrected chi connectivity index (χ4v) is 4.06. The normalized spacial score (nSPS) is 11.5. The summed E-state index contributed by atoms with van der Waals surface area (Å²) in [6.07, 6.45) is 1.52. The van der Waals surface area contributed by atoms with Crippen LogP contribution in [-0.4, -0.2) is 61.8 Å². The molecule has 0 fully saturated rings. The summed E-state index contributed by atoms with van der Waals surface area (Å²) < 4.78 is 30.5. The largest absolute Gasteiger partial charge is 0.493 e. The van der Waals surface area contributed by atoms with Gasteiger partial charge in [0, 0.05) is 28.4 Å². The van der Waals surface area contributed by atoms with Gasteiger partial charge in [0.1, 0.15) is 24.3 Å². The molecule has 0 amide bonds. The molecule has 10 heteroatoms. The van der Waals surface area contributed by atoms with E-state index in [9.17, 15) is 0 Å². The Balaban J connectivity index is 1.87. The molecular weight excluding hydrogens is 518 g/mol. The van der Waals surface area contributed by atoms with E-state index in [0.29, 0.717) is 54.8 Å². The van der Waals surface area contributed by atoms with Crippen LogP contribution in [0.2, 0.25) is 0 Å². The fourth-order valence-electron chi connectivity index (χ4n) is 3.68. The van der Waals surface area contributed by atoms with Crippen molar-refractivity contribution in [1.82, 2.24) is 14.7 Å². The molecule has 0 saturated carbocycles. The summed E-state index contributed by atoms with van der Waals surface area (Å²) in [6, 6.07) is 11.6. The third-order valence-corrected chi connectivity index (χ3v) is 5.72. The van der Waals surface area contributed by atoms with Crippen molar-refractivity contribution in [3.8, 4) is 22.9 Å². The van der Waals surface area contributed by atoms with E-state index < -0.39 is 6.48 Å². The molecule has 0 radical (unpaired) electrons. The van der Waals surface area contributed by atoms with Gasteiger partial charge < -0.3 is 28.5 Å². The molecule has 0 aliphatic heterocycles. The fraction of sp³-hybridized carbons (Fsp3) is 0.360. The summed E-state index contributed by atoms with van der Waals surface area (Å²) in [6.45, 7) is 4.61. The molecule has 0 bridgehead atoms. The summed E-state index contributed by atoms with van der Waals surface area (Å²) in [5, 5.41) is 1.74. The summed E-state index contributed by atoms with van der Waals surface area (Å²) >= 11 is 3.55. The van der Waals surface area contributed by atoms with E-state index in [1.807, 2.05) is 50.2 Å². The Labute approximate surface area is 211 Å². The quantitative estimate of drug-likeness (QED) is 0.185. The second-order valence-electron chi connectivity index (χ2n) is 7.42. The maximum atomic E-state index is 6.20. The second kappa shape index (κ2) is 11.7. The first kappa shape index (κ1) is 25.2. The van der Waals surface area contributed by atoms with E-state index >= 15 is 0 Å². The summed E-state index contributed by atoms with van der Waals surface area (Å²) in [4.78, 5) is 15.3. The van der Waals surface area contributed by atoms with E-state index in [1.54, 1.807) is 19.0 Å². The van der Waals surface area contributed by atoms with Crippen LogP contribution in [0.4, 0.5) is 0 Å². The van der Waals surface area contributed by atoms with Crippen LogP contribution in [0.25, 0.3) is 33.2 Å². The van der Waals surface area contributed by atoms with Crippen molar-refractivity contribution in [2.75, 3.05) is 40.6 Å². The van der Waals surface area contributed by atoms with Crippen LogP contribution in [0.3, 0.4) is 0 Å². The lowest BCUT2D eigenvalue weighted by Gasteiger charge is -2.21. The Morgan fingerprint density at radius 2 is 1.74 bits per heavy atom. The number of fused-ring (bicyclic) bond motifs is 2. The first-order chi connectivity index (χ1) is 17.1. The van der Waals surface area contributed by atoms with E-state index in [-0.39, 0.29) is 0 Å². The third kappa shape index (κ3) is 5.51. The van der Waals surface area contributed by atoms with Crippen LogP contribution >= 0.6 is 15.9 Å². The smallest absolute Gasteiger partial charge is 0.337 e. The highest BCUT2D eigenvalue weighted by atomic mass is 79.9. The molecule has 9 nitrogen and oxygen atoms in total. The summed E-state index contributed by atoms with van der Waals surface area (Å²) in [7, 11) is 3.22. The zero-order chi connectivity index (χ0) is 24.8. The molecule has 2 aromatic heterocycles. The lowest BCUT2D eigenvalue weighted by atomic mass is 10.1. The SMILES string of the molecule is CCOC(OCC)On1c(-c2ncnc3cc(OCCOC)c(OC)cc23)cc2cc(Br)ccc21. The van der Waals surface area contributed by atoms with Crippen molar-refractivity contribution < 1.29 is 28.5 Å². The highest BCUT2D eigenvalue weighted by Crippen LogP contribution is 2.37. The average molecular weight is 546 g/mol. The number of halogens is 1. The predicted molar refractivity (Wildman–Crippen MR) is 136 cm³/mol. The van der Waals surface area contributed by atoms with Crippen LogP contribution < -0.4 is 14.3 Å². The number of ether oxygens (including phenoxy) is 5. The predicted octanol–water partition coefficient (Wildman–Crippen LogP) is 4.83. The number of hydrogen-bond donors (Lipinski definition) is 0. The molecule has 0 spiro atoms. The molecule has 0 saturated heterocycles. The molecule has 0 atom stereocenters. The molecular formula is C25H28BrN3O6. The van der Waals surface area contributed by atoms with Gasteiger partial charge in [-0.2, -0.15) is 4.73 Å². The van der Waals surface area contributed by atoms with Gasteiger partial charge in [-0.15, -0.1) is 0 Å². The molecule has 2 heterocycles. The van der Waals surface area contributed by atoms with Crippen molar-refractivity contribution in [3.63, 3.8) is 0 Å². The minimum absolute atomic E-state index is 0.392. The van der Waals surface area contributed by atoms with Crippen molar-refractivity contribution in [2.24, 2.45) is 0 Å². The van der Waals surface area contributed by atoms with Gasteiger partial charge in [0.25, 0.3) is 0 Å². The first-order valence-corrected chi connectivity index (χ1v) is 12.0. The number of hydrogen-bond acceptors (Lipinski definition) is 8. The Morgan fingerprint density at radius 3 is 2.46 bits per heavy atom. The first-order valence-electron chi connectivity index (χ1n) is 11.3. The average Bonchev–Trinajstić information content (AvgIpc) is 3.20. The van der Waals surface area contributed by atoms with Gasteiger partial charge in [-0.25, -0.2) is 9.97 Å². The molecule has 0 aliphatic rings. The Kier molecular flexibility index (Phi) is 8.40. The van der Waals surface area contributed by atoms with E-state index in [0.717, 1.165) is 20.8 Å². The Morgan fingerprint density at radius 1 is 0.943 bits per heavy atom. The van der Waals surface area contributed by atoms with Crippen LogP contribution in [0.5, 0.6) is 11.5 Å². The zero-order valence-electron chi connectivity index (χ0n) is 20.1. The Hall–Kier alpha value is -2.92. The maximum Gasteiger partial charge on any atom is 0.337 e. The van der Waals surface area contributed by atoms with E-state index in [1.165, 1.54) is 6.33 Å². The standard InChI is InChI=1S/C25H28BrN3O6/c1-5-32-25(33-6-2)35-29-20-8-7-17(26)11-16(20)12-21(29)24-18-13-22(31-4)23(34-10-9-30-3)14-19(18)27-15-28-24/h7-8,11-15,25H,5-6,9-10H2,1-4H3. The van der Waals surface area contributed by atoms with Crippen molar-refractivity contribution in [2.45, 2.75) is 20.3 Å². The topological polar surface area (TPSA) is 86.1 Å². The van der Waals surface area contributed by atoms with Crippen LogP contribution in [0.15, 0.2) is 47.2 Å². The molecule has 2 aromatic carbocycles. The maximum absolute atomic E-state index is 6.20. The van der Waals surface area contributed by atoms with Crippen LogP contribution in [-0.2, 0) is 14.2 Å². The van der Waals surface area contributed by atoms with Gasteiger partial charge in [-0.05, 0) is 44.2 Å². The van der Waals surface area contributed by atoms with Crippen LogP contribution in [0, 0.1) is 0 Å². The molecule has 0 aliphatic carbocycles. The monoisotopic (exact) mass is 545 g/mol. The van der Waals surface area contributed by atoms with Gasteiger partial charge in [-0.3, -0.25) is 0 Å². The lowest BCUT2D eigenvalue weighted by Crippen LogP contribution is -2.31. The van der Waals surface area contributed by atoms with E-state index in [4.69, 9.17) is 28.5 Å². The molecule has 0 N–H and O–H groups in total. The minimum atomic E-state index is -0.883. The van der Waals surface area contributed by atoms with Crippen LogP contribution in [0.1, 0.15) is 13.8 Å². The van der Waals surface area contributed by atoms with E-state index in [2.05, 4.69) is 25.9 Å². The summed E-state index contributed by atoms with van der Waals surface area (Å²) in [5.74, 6) is 1.15.